The molecule has 0 atom stereocenters. The molecule has 0 bridgehead atoms. The van der Waals surface area contributed by atoms with Gasteiger partial charge in [0.1, 0.15) is 0 Å². The van der Waals surface area contributed by atoms with Crippen LogP contribution in [0, 0.1) is 0 Å². The van der Waals surface area contributed by atoms with Crippen LogP contribution in [0.25, 0.3) is 45.0 Å². The van der Waals surface area contributed by atoms with E-state index in [1.165, 1.54) is 20.7 Å². The van der Waals surface area contributed by atoms with Crippen LogP contribution in [-0.2, 0) is 0 Å². The fraction of sp³-hybridized carbons (Fsp3) is 0. The van der Waals surface area contributed by atoms with Gasteiger partial charge in [0.2, 0.25) is 0 Å². The van der Waals surface area contributed by atoms with Gasteiger partial charge in [-0.15, -0.1) is 0 Å². The summed E-state index contributed by atoms with van der Waals surface area (Å²) in [5, 5.41) is 5.02. The molecule has 0 amide bonds. The van der Waals surface area contributed by atoms with Gasteiger partial charge in [0.25, 0.3) is 0 Å². The van der Waals surface area contributed by atoms with Gasteiger partial charge in [-0.05, 0) is 69.3 Å². The van der Waals surface area contributed by atoms with Crippen LogP contribution in [0.15, 0.2) is 195 Å². The summed E-state index contributed by atoms with van der Waals surface area (Å²) in [5.74, 6) is 0. The van der Waals surface area contributed by atoms with Crippen molar-refractivity contribution in [1.82, 2.24) is 19.9 Å². The molecular formula is C44H32N4Si. The second kappa shape index (κ2) is 13.4. The van der Waals surface area contributed by atoms with E-state index in [9.17, 15) is 0 Å². The second-order valence-electron chi connectivity index (χ2n) is 11.9. The minimum absolute atomic E-state index is 0.943. The molecule has 0 fully saturated rings. The Hall–Kier alpha value is -6.30. The third-order valence-corrected chi connectivity index (χ3v) is 13.7. The molecule has 4 heterocycles. The largest absolute Gasteiger partial charge is 0.256 e. The molecule has 0 saturated heterocycles. The number of benzene rings is 4. The fourth-order valence-corrected chi connectivity index (χ4v) is 11.7. The summed E-state index contributed by atoms with van der Waals surface area (Å²) in [5.41, 5.74) is 8.10. The molecule has 0 unspecified atom stereocenters. The van der Waals surface area contributed by atoms with Crippen LogP contribution in [0.5, 0.6) is 0 Å². The van der Waals surface area contributed by atoms with E-state index in [0.717, 1.165) is 45.0 Å². The molecule has 0 aliphatic heterocycles. The number of hydrogen-bond acceptors (Lipinski definition) is 4. The van der Waals surface area contributed by atoms with Crippen molar-refractivity contribution in [3.8, 4) is 45.0 Å². The first-order chi connectivity index (χ1) is 24.3. The maximum Gasteiger partial charge on any atom is 0.179 e. The number of aromatic nitrogens is 4. The number of pyridine rings is 4. The molecule has 232 valence electrons. The Morgan fingerprint density at radius 2 is 0.531 bits per heavy atom. The van der Waals surface area contributed by atoms with Crippen molar-refractivity contribution in [2.75, 3.05) is 0 Å². The molecule has 8 aromatic rings. The van der Waals surface area contributed by atoms with E-state index < -0.39 is 8.07 Å². The van der Waals surface area contributed by atoms with E-state index in [1.54, 1.807) is 0 Å². The normalized spacial score (nSPS) is 11.3. The molecular weight excluding hydrogens is 613 g/mol. The lowest BCUT2D eigenvalue weighted by Crippen LogP contribution is -2.74. The van der Waals surface area contributed by atoms with Crippen molar-refractivity contribution in [3.05, 3.63) is 195 Å². The maximum atomic E-state index is 4.74. The zero-order chi connectivity index (χ0) is 32.9. The summed E-state index contributed by atoms with van der Waals surface area (Å²) in [6.45, 7) is 0. The van der Waals surface area contributed by atoms with Gasteiger partial charge in [-0.3, -0.25) is 19.9 Å². The number of nitrogens with zero attached hydrogens (tertiary/aromatic N) is 4. The maximum absolute atomic E-state index is 4.74. The third kappa shape index (κ3) is 5.88. The average molecular weight is 645 g/mol. The zero-order valence-electron chi connectivity index (χ0n) is 26.8. The van der Waals surface area contributed by atoms with E-state index in [0.29, 0.717) is 0 Å². The molecule has 4 aromatic heterocycles. The van der Waals surface area contributed by atoms with Gasteiger partial charge in [-0.2, -0.15) is 0 Å². The van der Waals surface area contributed by atoms with Crippen molar-refractivity contribution in [2.24, 2.45) is 0 Å². The van der Waals surface area contributed by atoms with Crippen LogP contribution in [0.1, 0.15) is 0 Å². The Kier molecular flexibility index (Phi) is 8.24. The standard InChI is InChI=1S/C44H32N4Si/c1-5-25-45-41(21-1)33-13-9-17-37(29-33)49(38-18-10-14-34(30-38)42-22-2-6-26-46-42,39-19-11-15-35(31-39)43-23-3-7-27-47-43)40-20-12-16-36(32-40)44-24-4-8-28-48-44/h1-32H. The zero-order valence-corrected chi connectivity index (χ0v) is 27.8. The molecule has 4 nitrogen and oxygen atoms in total. The first-order valence-corrected chi connectivity index (χ1v) is 18.4. The smallest absolute Gasteiger partial charge is 0.179 e. The molecule has 5 heteroatoms. The lowest BCUT2D eigenvalue weighted by atomic mass is 10.1. The first-order valence-electron chi connectivity index (χ1n) is 16.4. The average Bonchev–Trinajstić information content (AvgIpc) is 3.20. The first kappa shape index (κ1) is 30.1. The van der Waals surface area contributed by atoms with Crippen LogP contribution in [-0.4, -0.2) is 28.0 Å². The third-order valence-electron chi connectivity index (χ3n) is 9.02. The van der Waals surface area contributed by atoms with E-state index in [1.807, 2.05) is 73.3 Å². The SMILES string of the molecule is c1ccc(-c2cccc([Si](c3cccc(-c4ccccn4)c3)(c3cccc(-c4ccccn4)c3)c3cccc(-c4ccccn4)c3)c2)nc1. The van der Waals surface area contributed by atoms with Crippen LogP contribution in [0.2, 0.25) is 0 Å². The highest BCUT2D eigenvalue weighted by atomic mass is 28.3. The van der Waals surface area contributed by atoms with E-state index in [-0.39, 0.29) is 0 Å². The topological polar surface area (TPSA) is 51.6 Å². The Morgan fingerprint density at radius 3 is 0.755 bits per heavy atom. The Bertz CT molecular complexity index is 1990. The monoisotopic (exact) mass is 644 g/mol. The van der Waals surface area contributed by atoms with Crippen LogP contribution >= 0.6 is 0 Å². The summed E-state index contributed by atoms with van der Waals surface area (Å²) in [6.07, 6.45) is 7.43. The molecule has 0 saturated carbocycles. The highest BCUT2D eigenvalue weighted by Crippen LogP contribution is 2.24. The molecule has 8 rings (SSSR count). The van der Waals surface area contributed by atoms with Crippen molar-refractivity contribution < 1.29 is 0 Å². The Morgan fingerprint density at radius 1 is 0.265 bits per heavy atom. The highest BCUT2D eigenvalue weighted by Gasteiger charge is 2.42. The van der Waals surface area contributed by atoms with E-state index in [2.05, 4.69) is 121 Å². The van der Waals surface area contributed by atoms with Gasteiger partial charge in [0, 0.05) is 47.0 Å². The summed E-state index contributed by atoms with van der Waals surface area (Å²) in [6, 6.07) is 60.2. The Balaban J connectivity index is 1.47. The van der Waals surface area contributed by atoms with Crippen molar-refractivity contribution in [2.45, 2.75) is 0 Å². The fourth-order valence-electron chi connectivity index (χ4n) is 6.78. The summed E-state index contributed by atoms with van der Waals surface area (Å²) >= 11 is 0. The van der Waals surface area contributed by atoms with Crippen LogP contribution in [0.4, 0.5) is 0 Å². The van der Waals surface area contributed by atoms with Gasteiger partial charge in [0.05, 0.1) is 22.8 Å². The molecule has 0 aliphatic rings. The predicted molar refractivity (Wildman–Crippen MR) is 203 cm³/mol. The lowest BCUT2D eigenvalue weighted by Gasteiger charge is -2.35. The summed E-state index contributed by atoms with van der Waals surface area (Å²) in [4.78, 5) is 19.0. The number of hydrogen-bond donors (Lipinski definition) is 0. The molecule has 4 aromatic carbocycles. The van der Waals surface area contributed by atoms with Gasteiger partial charge in [-0.25, -0.2) is 0 Å². The Labute approximate surface area is 287 Å². The van der Waals surface area contributed by atoms with Gasteiger partial charge >= 0.3 is 0 Å². The quantitative estimate of drug-likeness (QED) is 0.129. The summed E-state index contributed by atoms with van der Waals surface area (Å²) in [7, 11) is -3.07. The molecule has 0 aliphatic carbocycles. The van der Waals surface area contributed by atoms with Gasteiger partial charge in [0.15, 0.2) is 8.07 Å². The highest BCUT2D eigenvalue weighted by molar-refractivity contribution is 7.20. The summed E-state index contributed by atoms with van der Waals surface area (Å²) < 4.78 is 0. The molecule has 0 spiro atoms. The van der Waals surface area contributed by atoms with Crippen LogP contribution < -0.4 is 20.7 Å². The van der Waals surface area contributed by atoms with Crippen molar-refractivity contribution >= 4 is 28.8 Å². The minimum Gasteiger partial charge on any atom is -0.256 e. The van der Waals surface area contributed by atoms with Crippen molar-refractivity contribution in [1.29, 1.82) is 0 Å². The van der Waals surface area contributed by atoms with Gasteiger partial charge in [-0.1, -0.05) is 121 Å². The van der Waals surface area contributed by atoms with Crippen molar-refractivity contribution in [3.63, 3.8) is 0 Å². The lowest BCUT2D eigenvalue weighted by molar-refractivity contribution is 1.33. The molecule has 0 radical (unpaired) electrons. The molecule has 49 heavy (non-hydrogen) atoms. The number of rotatable bonds is 8. The van der Waals surface area contributed by atoms with E-state index in [4.69, 9.17) is 19.9 Å². The minimum atomic E-state index is -3.07. The predicted octanol–water partition coefficient (Wildman–Crippen LogP) is 7.31. The van der Waals surface area contributed by atoms with Gasteiger partial charge < -0.3 is 0 Å². The second-order valence-corrected chi connectivity index (χ2v) is 15.7. The van der Waals surface area contributed by atoms with Crippen LogP contribution in [0.3, 0.4) is 0 Å². The van der Waals surface area contributed by atoms with E-state index >= 15 is 0 Å². The molecule has 0 N–H and O–H groups in total.